The summed E-state index contributed by atoms with van der Waals surface area (Å²) in [5.41, 5.74) is 2.07. The molecule has 2 aromatic carbocycles. The monoisotopic (exact) mass is 406 g/mol. The van der Waals surface area contributed by atoms with Crippen LogP contribution in [0.3, 0.4) is 0 Å². The van der Waals surface area contributed by atoms with E-state index in [0.717, 1.165) is 23.8 Å². The molecule has 2 aromatic rings. The molecule has 28 heavy (non-hydrogen) atoms. The summed E-state index contributed by atoms with van der Waals surface area (Å²) in [5.74, 6) is 1.51. The zero-order chi connectivity index (χ0) is 20.7. The van der Waals surface area contributed by atoms with Gasteiger partial charge in [-0.2, -0.15) is 8.42 Å². The number of carbonyl (C=O) groups excluding carboxylic acids is 1. The summed E-state index contributed by atoms with van der Waals surface area (Å²) in [5, 5.41) is 0. The van der Waals surface area contributed by atoms with Crippen molar-refractivity contribution in [2.75, 3.05) is 12.9 Å². The zero-order valence-corrected chi connectivity index (χ0v) is 17.4. The minimum Gasteiger partial charge on any atom is -0.494 e. The smallest absolute Gasteiger partial charge is 0.310 e. The molecule has 1 atom stereocenters. The van der Waals surface area contributed by atoms with Crippen LogP contribution in [-0.4, -0.2) is 27.2 Å². The third-order valence-electron chi connectivity index (χ3n) is 4.17. The predicted molar refractivity (Wildman–Crippen MR) is 108 cm³/mol. The highest BCUT2D eigenvalue weighted by atomic mass is 32.2. The van der Waals surface area contributed by atoms with Gasteiger partial charge < -0.3 is 13.7 Å². The second kappa shape index (κ2) is 9.59. The van der Waals surface area contributed by atoms with Crippen molar-refractivity contribution in [3.63, 3.8) is 0 Å². The minimum atomic E-state index is -3.53. The Balaban J connectivity index is 1.87. The number of hydrogen-bond donors (Lipinski definition) is 0. The van der Waals surface area contributed by atoms with E-state index in [1.807, 2.05) is 25.1 Å². The van der Waals surface area contributed by atoms with Crippen molar-refractivity contribution in [2.24, 2.45) is 0 Å². The van der Waals surface area contributed by atoms with Crippen LogP contribution in [0.1, 0.15) is 43.7 Å². The van der Waals surface area contributed by atoms with Crippen LogP contribution in [0.15, 0.2) is 42.5 Å². The Hall–Kier alpha value is -2.54. The van der Waals surface area contributed by atoms with E-state index in [9.17, 15) is 13.2 Å². The molecule has 0 heterocycles. The van der Waals surface area contributed by atoms with Gasteiger partial charge in [-0.05, 0) is 60.7 Å². The Morgan fingerprint density at radius 1 is 1.07 bits per heavy atom. The molecule has 0 radical (unpaired) electrons. The Kier molecular flexibility index (Phi) is 7.45. The standard InChI is InChI=1S/C21H26O6S/c1-5-21(22)26-20-11-6-17(14-16(20)3)15(2)12-13-25-18-7-9-19(10-8-18)27-28(4,23)24/h6-11,14-15H,5,12-13H2,1-4H3. The van der Waals surface area contributed by atoms with E-state index < -0.39 is 10.1 Å². The lowest BCUT2D eigenvalue weighted by atomic mass is 9.96. The number of carbonyl (C=O) groups is 1. The molecule has 6 nitrogen and oxygen atoms in total. The number of rotatable bonds is 9. The first-order valence-corrected chi connectivity index (χ1v) is 10.9. The molecule has 0 spiro atoms. The topological polar surface area (TPSA) is 78.9 Å². The maximum atomic E-state index is 11.4. The maximum absolute atomic E-state index is 11.4. The van der Waals surface area contributed by atoms with Crippen LogP contribution in [0.5, 0.6) is 17.2 Å². The fourth-order valence-corrected chi connectivity index (χ4v) is 3.04. The first kappa shape index (κ1) is 21.8. The summed E-state index contributed by atoms with van der Waals surface area (Å²) in [6.07, 6.45) is 2.15. The van der Waals surface area contributed by atoms with E-state index in [-0.39, 0.29) is 17.6 Å². The Morgan fingerprint density at radius 3 is 2.29 bits per heavy atom. The van der Waals surface area contributed by atoms with E-state index in [1.165, 1.54) is 0 Å². The summed E-state index contributed by atoms with van der Waals surface area (Å²) < 4.78 is 38.0. The number of aryl methyl sites for hydroxylation is 1. The average Bonchev–Trinajstić information content (AvgIpc) is 2.63. The van der Waals surface area contributed by atoms with Crippen molar-refractivity contribution in [3.8, 4) is 17.2 Å². The molecule has 152 valence electrons. The van der Waals surface area contributed by atoms with Gasteiger partial charge in [-0.3, -0.25) is 4.79 Å². The highest BCUT2D eigenvalue weighted by Gasteiger charge is 2.11. The van der Waals surface area contributed by atoms with Crippen molar-refractivity contribution in [1.29, 1.82) is 0 Å². The lowest BCUT2D eigenvalue weighted by molar-refractivity contribution is -0.134. The van der Waals surface area contributed by atoms with Crippen molar-refractivity contribution in [1.82, 2.24) is 0 Å². The molecule has 2 rings (SSSR count). The van der Waals surface area contributed by atoms with Crippen molar-refractivity contribution in [3.05, 3.63) is 53.6 Å². The van der Waals surface area contributed by atoms with E-state index in [2.05, 4.69) is 6.92 Å². The number of hydrogen-bond acceptors (Lipinski definition) is 6. The molecule has 0 aliphatic rings. The van der Waals surface area contributed by atoms with Gasteiger partial charge in [0.25, 0.3) is 0 Å². The number of ether oxygens (including phenoxy) is 2. The Morgan fingerprint density at radius 2 is 1.71 bits per heavy atom. The molecule has 0 saturated carbocycles. The van der Waals surface area contributed by atoms with Crippen LogP contribution in [0, 0.1) is 6.92 Å². The Bertz CT molecular complexity index is 903. The molecular weight excluding hydrogens is 380 g/mol. The van der Waals surface area contributed by atoms with E-state index in [4.69, 9.17) is 13.7 Å². The first-order valence-electron chi connectivity index (χ1n) is 9.11. The van der Waals surface area contributed by atoms with E-state index in [0.29, 0.717) is 24.5 Å². The van der Waals surface area contributed by atoms with Gasteiger partial charge >= 0.3 is 16.1 Å². The molecule has 0 aromatic heterocycles. The van der Waals surface area contributed by atoms with Crippen LogP contribution in [-0.2, 0) is 14.9 Å². The lowest BCUT2D eigenvalue weighted by Crippen LogP contribution is -2.08. The summed E-state index contributed by atoms with van der Waals surface area (Å²) in [7, 11) is -3.53. The third-order valence-corrected chi connectivity index (χ3v) is 4.67. The van der Waals surface area contributed by atoms with Gasteiger partial charge in [-0.25, -0.2) is 0 Å². The molecule has 7 heteroatoms. The normalized spacial score (nSPS) is 12.3. The van der Waals surface area contributed by atoms with Crippen LogP contribution < -0.4 is 13.7 Å². The number of esters is 1. The van der Waals surface area contributed by atoms with Gasteiger partial charge in [0.15, 0.2) is 0 Å². The molecule has 1 unspecified atom stereocenters. The molecule has 0 fully saturated rings. The van der Waals surface area contributed by atoms with Gasteiger partial charge in [-0.1, -0.05) is 26.0 Å². The van der Waals surface area contributed by atoms with Crippen molar-refractivity contribution in [2.45, 2.75) is 39.5 Å². The molecule has 0 aliphatic carbocycles. The molecule has 0 bridgehead atoms. The highest BCUT2D eigenvalue weighted by Crippen LogP contribution is 2.26. The lowest BCUT2D eigenvalue weighted by Gasteiger charge is -2.15. The fourth-order valence-electron chi connectivity index (χ4n) is 2.57. The molecule has 0 N–H and O–H groups in total. The van der Waals surface area contributed by atoms with Crippen LogP contribution in [0.4, 0.5) is 0 Å². The predicted octanol–water partition coefficient (Wildman–Crippen LogP) is 4.22. The highest BCUT2D eigenvalue weighted by molar-refractivity contribution is 7.86. The summed E-state index contributed by atoms with van der Waals surface area (Å²) in [6, 6.07) is 12.3. The quantitative estimate of drug-likeness (QED) is 0.352. The summed E-state index contributed by atoms with van der Waals surface area (Å²) >= 11 is 0. The Labute approximate surface area is 166 Å². The second-order valence-electron chi connectivity index (χ2n) is 6.65. The van der Waals surface area contributed by atoms with Crippen LogP contribution in [0.2, 0.25) is 0 Å². The van der Waals surface area contributed by atoms with Crippen molar-refractivity contribution < 1.29 is 26.9 Å². The molecule has 0 amide bonds. The van der Waals surface area contributed by atoms with Crippen LogP contribution in [0.25, 0.3) is 0 Å². The molecular formula is C21H26O6S. The zero-order valence-electron chi connectivity index (χ0n) is 16.6. The fraction of sp³-hybridized carbons (Fsp3) is 0.381. The average molecular weight is 407 g/mol. The van der Waals surface area contributed by atoms with Crippen molar-refractivity contribution >= 4 is 16.1 Å². The van der Waals surface area contributed by atoms with Gasteiger partial charge in [0.2, 0.25) is 0 Å². The minimum absolute atomic E-state index is 0.245. The SMILES string of the molecule is CCC(=O)Oc1ccc(C(C)CCOc2ccc(OS(C)(=O)=O)cc2)cc1C. The van der Waals surface area contributed by atoms with Crippen LogP contribution >= 0.6 is 0 Å². The number of benzene rings is 2. The van der Waals surface area contributed by atoms with E-state index >= 15 is 0 Å². The third kappa shape index (κ3) is 6.88. The summed E-state index contributed by atoms with van der Waals surface area (Å²) in [6.45, 7) is 6.31. The van der Waals surface area contributed by atoms with Gasteiger partial charge in [0.1, 0.15) is 17.2 Å². The van der Waals surface area contributed by atoms with Gasteiger partial charge in [-0.15, -0.1) is 0 Å². The largest absolute Gasteiger partial charge is 0.494 e. The summed E-state index contributed by atoms with van der Waals surface area (Å²) in [4.78, 5) is 11.4. The molecule has 0 saturated heterocycles. The maximum Gasteiger partial charge on any atom is 0.310 e. The van der Waals surface area contributed by atoms with Gasteiger partial charge in [0, 0.05) is 6.42 Å². The van der Waals surface area contributed by atoms with E-state index in [1.54, 1.807) is 31.2 Å². The second-order valence-corrected chi connectivity index (χ2v) is 8.22. The van der Waals surface area contributed by atoms with Gasteiger partial charge in [0.05, 0.1) is 12.9 Å². The molecule has 0 aliphatic heterocycles. The first-order chi connectivity index (χ1) is 13.2.